The van der Waals surface area contributed by atoms with E-state index in [1.165, 1.54) is 0 Å². The van der Waals surface area contributed by atoms with E-state index in [2.05, 4.69) is 0 Å². The van der Waals surface area contributed by atoms with Crippen molar-refractivity contribution in [2.45, 2.75) is 12.8 Å². The molecule has 84 valence electrons. The largest absolute Gasteiger partial charge is 0.549 e. The highest BCUT2D eigenvalue weighted by atomic mass is 16.4. The maximum absolute atomic E-state index is 11.3. The predicted octanol–water partition coefficient (Wildman–Crippen LogP) is 1.86. The number of fused-ring (bicyclic) bond motifs is 3. The molecule has 0 radical (unpaired) electrons. The van der Waals surface area contributed by atoms with Gasteiger partial charge in [0.25, 0.3) is 0 Å². The van der Waals surface area contributed by atoms with Gasteiger partial charge in [-0.15, -0.1) is 0 Å². The first-order valence-corrected chi connectivity index (χ1v) is 5.59. The van der Waals surface area contributed by atoms with Crippen molar-refractivity contribution < 1.29 is 9.90 Å². The molecule has 0 fully saturated rings. The van der Waals surface area contributed by atoms with Gasteiger partial charge in [-0.25, -0.2) is 0 Å². The Balaban J connectivity index is 2.34. The molecule has 1 aliphatic carbocycles. The van der Waals surface area contributed by atoms with Gasteiger partial charge < -0.3 is 9.90 Å². The fraction of sp³-hybridized carbons (Fsp3) is 0.133. The molecule has 2 heteroatoms. The van der Waals surface area contributed by atoms with Crippen molar-refractivity contribution in [2.75, 3.05) is 0 Å². The lowest BCUT2D eigenvalue weighted by Crippen LogP contribution is -2.29. The molecule has 0 saturated carbocycles. The SMILES string of the molecule is Cc1ccc2c(c1)-c1ccccc1C2C(=O)[O-]. The van der Waals surface area contributed by atoms with E-state index in [0.717, 1.165) is 27.8 Å². The van der Waals surface area contributed by atoms with E-state index >= 15 is 0 Å². The molecule has 0 N–H and O–H groups in total. The van der Waals surface area contributed by atoms with E-state index in [-0.39, 0.29) is 0 Å². The van der Waals surface area contributed by atoms with E-state index in [1.807, 2.05) is 49.4 Å². The number of hydrogen-bond acceptors (Lipinski definition) is 2. The van der Waals surface area contributed by atoms with Crippen molar-refractivity contribution in [1.29, 1.82) is 0 Å². The van der Waals surface area contributed by atoms with E-state index in [9.17, 15) is 9.90 Å². The van der Waals surface area contributed by atoms with Crippen molar-refractivity contribution in [1.82, 2.24) is 0 Å². The Morgan fingerprint density at radius 3 is 2.53 bits per heavy atom. The summed E-state index contributed by atoms with van der Waals surface area (Å²) in [5.74, 6) is -1.65. The molecule has 2 aromatic rings. The van der Waals surface area contributed by atoms with Gasteiger partial charge in [-0.05, 0) is 29.2 Å². The third-order valence-electron chi connectivity index (χ3n) is 3.32. The Kier molecular flexibility index (Phi) is 2.05. The average molecular weight is 223 g/mol. The van der Waals surface area contributed by atoms with Gasteiger partial charge >= 0.3 is 0 Å². The van der Waals surface area contributed by atoms with Crippen LogP contribution in [0.4, 0.5) is 0 Å². The van der Waals surface area contributed by atoms with Crippen LogP contribution in [0.3, 0.4) is 0 Å². The summed E-state index contributed by atoms with van der Waals surface area (Å²) >= 11 is 0. The Labute approximate surface area is 99.5 Å². The van der Waals surface area contributed by atoms with Crippen LogP contribution in [0.15, 0.2) is 42.5 Å². The molecule has 0 amide bonds. The highest BCUT2D eigenvalue weighted by Crippen LogP contribution is 2.44. The number of benzene rings is 2. The lowest BCUT2D eigenvalue weighted by atomic mass is 9.97. The van der Waals surface area contributed by atoms with E-state index in [0.29, 0.717) is 0 Å². The quantitative estimate of drug-likeness (QED) is 0.740. The molecule has 1 aliphatic rings. The molecule has 17 heavy (non-hydrogen) atoms. The van der Waals surface area contributed by atoms with Gasteiger partial charge in [-0.1, -0.05) is 48.0 Å². The van der Waals surface area contributed by atoms with Crippen molar-refractivity contribution in [3.63, 3.8) is 0 Å². The number of carboxylic acid groups (broad SMARTS) is 1. The second-order valence-corrected chi connectivity index (χ2v) is 4.43. The molecule has 0 aliphatic heterocycles. The highest BCUT2D eigenvalue weighted by molar-refractivity contribution is 5.91. The van der Waals surface area contributed by atoms with Crippen LogP contribution in [0.1, 0.15) is 22.6 Å². The Morgan fingerprint density at radius 2 is 1.76 bits per heavy atom. The number of aliphatic carboxylic acids is 1. The average Bonchev–Trinajstić information content (AvgIpc) is 2.63. The molecule has 3 rings (SSSR count). The first kappa shape index (κ1) is 10.1. The van der Waals surface area contributed by atoms with Crippen LogP contribution in [0, 0.1) is 6.92 Å². The summed E-state index contributed by atoms with van der Waals surface area (Å²) in [5.41, 5.74) is 4.86. The summed E-state index contributed by atoms with van der Waals surface area (Å²) in [6.07, 6.45) is 0. The van der Waals surface area contributed by atoms with E-state index < -0.39 is 11.9 Å². The van der Waals surface area contributed by atoms with Crippen LogP contribution in [0.5, 0.6) is 0 Å². The molecular formula is C15H11O2-. The van der Waals surface area contributed by atoms with Crippen molar-refractivity contribution in [3.05, 3.63) is 59.2 Å². The molecule has 2 aromatic carbocycles. The minimum absolute atomic E-state index is 0.623. The summed E-state index contributed by atoms with van der Waals surface area (Å²) < 4.78 is 0. The zero-order valence-electron chi connectivity index (χ0n) is 9.44. The topological polar surface area (TPSA) is 40.1 Å². The number of rotatable bonds is 1. The minimum atomic E-state index is -1.03. The van der Waals surface area contributed by atoms with Crippen LogP contribution in [-0.4, -0.2) is 5.97 Å². The fourth-order valence-electron chi connectivity index (χ4n) is 2.57. The number of carbonyl (C=O) groups excluding carboxylic acids is 1. The summed E-state index contributed by atoms with van der Waals surface area (Å²) in [6.45, 7) is 2.01. The third-order valence-corrected chi connectivity index (χ3v) is 3.32. The maximum Gasteiger partial charge on any atom is 0.0533 e. The summed E-state index contributed by atoms with van der Waals surface area (Å²) in [6, 6.07) is 13.5. The second-order valence-electron chi connectivity index (χ2n) is 4.43. The van der Waals surface area contributed by atoms with Gasteiger partial charge in [-0.3, -0.25) is 0 Å². The van der Waals surface area contributed by atoms with Gasteiger partial charge in [-0.2, -0.15) is 0 Å². The van der Waals surface area contributed by atoms with Crippen LogP contribution >= 0.6 is 0 Å². The third kappa shape index (κ3) is 1.37. The van der Waals surface area contributed by atoms with Gasteiger partial charge in [0, 0.05) is 5.92 Å². The molecule has 1 atom stereocenters. The Bertz CT molecular complexity index is 614. The van der Waals surface area contributed by atoms with Crippen molar-refractivity contribution >= 4 is 5.97 Å². The van der Waals surface area contributed by atoms with Crippen LogP contribution in [0.2, 0.25) is 0 Å². The summed E-state index contributed by atoms with van der Waals surface area (Å²) in [7, 11) is 0. The van der Waals surface area contributed by atoms with Gasteiger partial charge in [0.15, 0.2) is 0 Å². The molecule has 2 nitrogen and oxygen atoms in total. The van der Waals surface area contributed by atoms with Crippen molar-refractivity contribution in [2.24, 2.45) is 0 Å². The minimum Gasteiger partial charge on any atom is -0.549 e. The zero-order valence-corrected chi connectivity index (χ0v) is 9.44. The zero-order chi connectivity index (χ0) is 12.0. The first-order chi connectivity index (χ1) is 8.18. The van der Waals surface area contributed by atoms with Gasteiger partial charge in [0.1, 0.15) is 0 Å². The summed E-state index contributed by atoms with van der Waals surface area (Å²) in [4.78, 5) is 11.3. The Morgan fingerprint density at radius 1 is 1.06 bits per heavy atom. The fourth-order valence-corrected chi connectivity index (χ4v) is 2.57. The number of carbonyl (C=O) groups is 1. The monoisotopic (exact) mass is 223 g/mol. The molecular weight excluding hydrogens is 212 g/mol. The van der Waals surface area contributed by atoms with Crippen LogP contribution in [0.25, 0.3) is 11.1 Å². The predicted molar refractivity (Wildman–Crippen MR) is 63.5 cm³/mol. The van der Waals surface area contributed by atoms with E-state index in [1.54, 1.807) is 0 Å². The molecule has 0 bridgehead atoms. The molecule has 0 spiro atoms. The van der Waals surface area contributed by atoms with Crippen LogP contribution < -0.4 is 5.11 Å². The molecule has 0 heterocycles. The molecule has 0 saturated heterocycles. The highest BCUT2D eigenvalue weighted by Gasteiger charge is 2.28. The van der Waals surface area contributed by atoms with Crippen molar-refractivity contribution in [3.8, 4) is 11.1 Å². The Hall–Kier alpha value is -2.09. The smallest absolute Gasteiger partial charge is 0.0533 e. The van der Waals surface area contributed by atoms with E-state index in [4.69, 9.17) is 0 Å². The number of aryl methyl sites for hydroxylation is 1. The summed E-state index contributed by atoms with van der Waals surface area (Å²) in [5, 5.41) is 11.3. The lowest BCUT2D eigenvalue weighted by molar-refractivity contribution is -0.306. The lowest BCUT2D eigenvalue weighted by Gasteiger charge is -2.14. The molecule has 1 unspecified atom stereocenters. The second kappa shape index (κ2) is 3.45. The van der Waals surface area contributed by atoms with Gasteiger partial charge in [0.2, 0.25) is 0 Å². The standard InChI is InChI=1S/C15H12O2/c1-9-6-7-12-13(8-9)10-4-2-3-5-11(10)14(12)15(16)17/h2-8,14H,1H3,(H,16,17)/p-1. The normalized spacial score (nSPS) is 16.4. The number of hydrogen-bond donors (Lipinski definition) is 0. The van der Waals surface area contributed by atoms with Gasteiger partial charge in [0.05, 0.1) is 5.97 Å². The molecule has 0 aromatic heterocycles. The first-order valence-electron chi connectivity index (χ1n) is 5.59. The number of carboxylic acids is 1. The van der Waals surface area contributed by atoms with Crippen LogP contribution in [-0.2, 0) is 4.79 Å². The maximum atomic E-state index is 11.3.